The van der Waals surface area contributed by atoms with E-state index in [9.17, 15) is 22.8 Å². The van der Waals surface area contributed by atoms with Crippen LogP contribution < -0.4 is 10.0 Å². The molecule has 1 amide bonds. The summed E-state index contributed by atoms with van der Waals surface area (Å²) in [5.41, 5.74) is 1.90. The van der Waals surface area contributed by atoms with Gasteiger partial charge >= 0.3 is 5.97 Å². The van der Waals surface area contributed by atoms with Gasteiger partial charge in [0.1, 0.15) is 0 Å². The summed E-state index contributed by atoms with van der Waals surface area (Å²) in [6, 6.07) is 17.9. The SMILES string of the molecule is CCCOC(=O)c1ccc(NC(=O)c2ccc(NS(=O)(=O)c3ccc(C(C)=O)cc3)cc2)cc1. The molecule has 0 bridgehead atoms. The minimum Gasteiger partial charge on any atom is -0.462 e. The molecule has 0 aliphatic carbocycles. The van der Waals surface area contributed by atoms with E-state index < -0.39 is 21.9 Å². The van der Waals surface area contributed by atoms with Crippen molar-refractivity contribution in [1.82, 2.24) is 0 Å². The van der Waals surface area contributed by atoms with Crippen molar-refractivity contribution in [3.8, 4) is 0 Å². The van der Waals surface area contributed by atoms with Crippen LogP contribution in [0.4, 0.5) is 11.4 Å². The first-order valence-electron chi connectivity index (χ1n) is 10.5. The Kier molecular flexibility index (Phi) is 7.80. The molecule has 3 aromatic rings. The number of Topliss-reactive ketones (excluding diaryl/α,β-unsaturated/α-hetero) is 1. The fourth-order valence-electron chi connectivity index (χ4n) is 2.94. The topological polar surface area (TPSA) is 119 Å². The van der Waals surface area contributed by atoms with Gasteiger partial charge in [-0.05, 0) is 74.0 Å². The molecule has 0 fully saturated rings. The molecular weight excluding hydrogens is 456 g/mol. The Balaban J connectivity index is 1.63. The largest absolute Gasteiger partial charge is 0.462 e. The number of benzene rings is 3. The van der Waals surface area contributed by atoms with Crippen molar-refractivity contribution in [3.05, 3.63) is 89.5 Å². The summed E-state index contributed by atoms with van der Waals surface area (Å²) < 4.78 is 32.6. The number of carbonyl (C=O) groups excluding carboxylic acids is 3. The van der Waals surface area contributed by atoms with E-state index in [2.05, 4.69) is 10.0 Å². The van der Waals surface area contributed by atoms with Crippen LogP contribution in [-0.2, 0) is 14.8 Å². The van der Waals surface area contributed by atoms with Crippen LogP contribution in [-0.4, -0.2) is 32.7 Å². The average Bonchev–Trinajstić information content (AvgIpc) is 2.83. The molecule has 0 radical (unpaired) electrons. The molecule has 0 atom stereocenters. The lowest BCUT2D eigenvalue weighted by Crippen LogP contribution is -2.14. The molecule has 9 heteroatoms. The van der Waals surface area contributed by atoms with Gasteiger partial charge in [-0.3, -0.25) is 14.3 Å². The van der Waals surface area contributed by atoms with Crippen LogP contribution >= 0.6 is 0 Å². The van der Waals surface area contributed by atoms with Gasteiger partial charge in [0.15, 0.2) is 5.78 Å². The summed E-state index contributed by atoms with van der Waals surface area (Å²) in [5.74, 6) is -0.973. The highest BCUT2D eigenvalue weighted by molar-refractivity contribution is 7.92. The lowest BCUT2D eigenvalue weighted by molar-refractivity contribution is 0.0505. The molecule has 0 aliphatic heterocycles. The predicted molar refractivity (Wildman–Crippen MR) is 129 cm³/mol. The molecule has 0 spiro atoms. The quantitative estimate of drug-likeness (QED) is 0.344. The van der Waals surface area contributed by atoms with Gasteiger partial charge in [0.2, 0.25) is 0 Å². The molecule has 0 unspecified atom stereocenters. The van der Waals surface area contributed by atoms with Gasteiger partial charge in [-0.1, -0.05) is 19.1 Å². The smallest absolute Gasteiger partial charge is 0.338 e. The van der Waals surface area contributed by atoms with Crippen molar-refractivity contribution in [2.24, 2.45) is 0 Å². The fraction of sp³-hybridized carbons (Fsp3) is 0.160. The highest BCUT2D eigenvalue weighted by Crippen LogP contribution is 2.19. The number of carbonyl (C=O) groups is 3. The maximum Gasteiger partial charge on any atom is 0.338 e. The number of ether oxygens (including phenoxy) is 1. The summed E-state index contributed by atoms with van der Waals surface area (Å²) in [6.45, 7) is 3.65. The Morgan fingerprint density at radius 3 is 1.85 bits per heavy atom. The zero-order valence-corrected chi connectivity index (χ0v) is 19.5. The zero-order valence-electron chi connectivity index (χ0n) is 18.7. The molecule has 0 aliphatic rings. The predicted octanol–water partition coefficient (Wildman–Crippen LogP) is 4.51. The number of hydrogen-bond donors (Lipinski definition) is 2. The fourth-order valence-corrected chi connectivity index (χ4v) is 4.00. The van der Waals surface area contributed by atoms with Crippen molar-refractivity contribution in [1.29, 1.82) is 0 Å². The van der Waals surface area contributed by atoms with Crippen LogP contribution in [0.1, 0.15) is 51.3 Å². The minimum atomic E-state index is -3.85. The first-order valence-corrected chi connectivity index (χ1v) is 12.0. The van der Waals surface area contributed by atoms with Crippen LogP contribution in [0.5, 0.6) is 0 Å². The Morgan fingerprint density at radius 1 is 0.765 bits per heavy atom. The van der Waals surface area contributed by atoms with Gasteiger partial charge in [-0.2, -0.15) is 0 Å². The number of amides is 1. The standard InChI is InChI=1S/C25H24N2O6S/c1-3-16-33-25(30)20-6-10-21(11-7-20)26-24(29)19-4-12-22(13-5-19)27-34(31,32)23-14-8-18(9-15-23)17(2)28/h4-15,27H,3,16H2,1-2H3,(H,26,29). The van der Waals surface area contributed by atoms with Crippen LogP contribution in [0, 0.1) is 0 Å². The summed E-state index contributed by atoms with van der Waals surface area (Å²) in [5, 5.41) is 2.72. The van der Waals surface area contributed by atoms with Gasteiger partial charge in [-0.15, -0.1) is 0 Å². The van der Waals surface area contributed by atoms with E-state index in [4.69, 9.17) is 4.74 Å². The summed E-state index contributed by atoms with van der Waals surface area (Å²) in [4.78, 5) is 35.7. The minimum absolute atomic E-state index is 0.0151. The molecule has 3 aromatic carbocycles. The summed E-state index contributed by atoms with van der Waals surface area (Å²) in [7, 11) is -3.85. The normalized spacial score (nSPS) is 10.9. The van der Waals surface area contributed by atoms with Crippen molar-refractivity contribution in [2.75, 3.05) is 16.6 Å². The number of esters is 1. The van der Waals surface area contributed by atoms with Crippen molar-refractivity contribution >= 4 is 39.1 Å². The van der Waals surface area contributed by atoms with Crippen LogP contribution in [0.3, 0.4) is 0 Å². The number of rotatable bonds is 9. The lowest BCUT2D eigenvalue weighted by Gasteiger charge is -2.10. The molecule has 2 N–H and O–H groups in total. The Morgan fingerprint density at radius 2 is 1.29 bits per heavy atom. The second kappa shape index (κ2) is 10.8. The number of nitrogens with one attached hydrogen (secondary N) is 2. The number of ketones is 1. The molecule has 3 rings (SSSR count). The van der Waals surface area contributed by atoms with Gasteiger partial charge in [0.25, 0.3) is 15.9 Å². The van der Waals surface area contributed by atoms with Gasteiger partial charge < -0.3 is 10.1 Å². The molecule has 0 heterocycles. The van der Waals surface area contributed by atoms with Crippen LogP contribution in [0.2, 0.25) is 0 Å². The second-order valence-electron chi connectivity index (χ2n) is 7.43. The highest BCUT2D eigenvalue weighted by atomic mass is 32.2. The molecule has 0 saturated carbocycles. The first kappa shape index (κ1) is 24.7. The van der Waals surface area contributed by atoms with Gasteiger partial charge in [0.05, 0.1) is 17.1 Å². The highest BCUT2D eigenvalue weighted by Gasteiger charge is 2.15. The molecule has 34 heavy (non-hydrogen) atoms. The Bertz CT molecular complexity index is 1280. The third kappa shape index (κ3) is 6.29. The van der Waals surface area contributed by atoms with Crippen LogP contribution in [0.15, 0.2) is 77.7 Å². The summed E-state index contributed by atoms with van der Waals surface area (Å²) in [6.07, 6.45) is 0.730. The van der Waals surface area contributed by atoms with E-state index in [0.717, 1.165) is 6.42 Å². The summed E-state index contributed by atoms with van der Waals surface area (Å²) >= 11 is 0. The van der Waals surface area contributed by atoms with E-state index in [-0.39, 0.29) is 16.4 Å². The van der Waals surface area contributed by atoms with E-state index in [1.54, 1.807) is 24.3 Å². The third-order valence-corrected chi connectivity index (χ3v) is 6.18. The van der Waals surface area contributed by atoms with Crippen LogP contribution in [0.25, 0.3) is 0 Å². The Hall–Kier alpha value is -3.98. The zero-order chi connectivity index (χ0) is 24.7. The second-order valence-corrected chi connectivity index (χ2v) is 9.11. The number of anilines is 2. The number of sulfonamides is 1. The van der Waals surface area contributed by atoms with Crippen molar-refractivity contribution < 1.29 is 27.5 Å². The first-order chi connectivity index (χ1) is 16.2. The number of hydrogen-bond acceptors (Lipinski definition) is 6. The van der Waals surface area contributed by atoms with E-state index in [1.165, 1.54) is 55.5 Å². The maximum absolute atomic E-state index is 12.6. The monoisotopic (exact) mass is 480 g/mol. The third-order valence-electron chi connectivity index (χ3n) is 4.79. The van der Waals surface area contributed by atoms with E-state index in [1.807, 2.05) is 6.92 Å². The Labute approximate surface area is 198 Å². The van der Waals surface area contributed by atoms with Gasteiger partial charge in [0, 0.05) is 22.5 Å². The van der Waals surface area contributed by atoms with E-state index in [0.29, 0.717) is 29.0 Å². The molecule has 176 valence electrons. The maximum atomic E-state index is 12.6. The molecule has 8 nitrogen and oxygen atoms in total. The molecule has 0 saturated heterocycles. The van der Waals surface area contributed by atoms with E-state index >= 15 is 0 Å². The van der Waals surface area contributed by atoms with Gasteiger partial charge in [-0.25, -0.2) is 13.2 Å². The average molecular weight is 481 g/mol. The molecule has 0 aromatic heterocycles. The molecular formula is C25H24N2O6S. The van der Waals surface area contributed by atoms with Crippen molar-refractivity contribution in [2.45, 2.75) is 25.2 Å². The lowest BCUT2D eigenvalue weighted by atomic mass is 10.1. The van der Waals surface area contributed by atoms with Crippen molar-refractivity contribution in [3.63, 3.8) is 0 Å².